The predicted octanol–water partition coefficient (Wildman–Crippen LogP) is 2.54. The van der Waals surface area contributed by atoms with Gasteiger partial charge in [0.1, 0.15) is 5.82 Å². The Kier molecular flexibility index (Phi) is 3.91. The number of aromatic nitrogens is 2. The third-order valence-corrected chi connectivity index (χ3v) is 4.99. The van der Waals surface area contributed by atoms with E-state index in [1.54, 1.807) is 0 Å². The summed E-state index contributed by atoms with van der Waals surface area (Å²) in [4.78, 5) is 11.7. The van der Waals surface area contributed by atoms with E-state index in [2.05, 4.69) is 34.0 Å². The maximum absolute atomic E-state index is 6.01. The van der Waals surface area contributed by atoms with E-state index in [1.807, 2.05) is 30.5 Å². The lowest BCUT2D eigenvalue weighted by Crippen LogP contribution is -2.48. The van der Waals surface area contributed by atoms with Crippen molar-refractivity contribution < 1.29 is 4.74 Å². The van der Waals surface area contributed by atoms with E-state index in [4.69, 9.17) is 4.74 Å². The fraction of sp³-hybridized carbons (Fsp3) is 0.556. The number of nitrogens with zero attached hydrogens (tertiary/aromatic N) is 3. The van der Waals surface area contributed by atoms with E-state index in [1.165, 1.54) is 0 Å². The summed E-state index contributed by atoms with van der Waals surface area (Å²) in [5.74, 6) is 1.45. The number of para-hydroxylation sites is 2. The molecule has 1 N–H and O–H groups in total. The minimum absolute atomic E-state index is 0.366. The lowest BCUT2D eigenvalue weighted by atomic mass is 10.0. The lowest BCUT2D eigenvalue weighted by molar-refractivity contribution is -0.0683. The van der Waals surface area contributed by atoms with Gasteiger partial charge in [0.2, 0.25) is 0 Å². The molecule has 122 valence electrons. The highest BCUT2D eigenvalue weighted by Crippen LogP contribution is 2.27. The van der Waals surface area contributed by atoms with Gasteiger partial charge in [-0.25, -0.2) is 4.98 Å². The third kappa shape index (κ3) is 3.03. The predicted molar refractivity (Wildman–Crippen MR) is 91.5 cm³/mol. The van der Waals surface area contributed by atoms with E-state index in [0.29, 0.717) is 24.1 Å². The minimum atomic E-state index is 0.366. The standard InChI is InChI=1S/C18H24N4O/c1-12(2)17-10-22-9-13(7-14(22)11-23-17)20-18-8-19-15-5-3-4-6-16(15)21-18/h3-6,8,12-14,17H,7,9-11H2,1-2H3,(H,20,21)/t13-,14+,17+/m1/s1. The first-order valence-corrected chi connectivity index (χ1v) is 8.53. The van der Waals surface area contributed by atoms with Gasteiger partial charge in [-0.05, 0) is 24.5 Å². The number of hydrogen-bond donors (Lipinski definition) is 1. The zero-order chi connectivity index (χ0) is 15.8. The molecule has 0 spiro atoms. The van der Waals surface area contributed by atoms with Crippen LogP contribution in [0.15, 0.2) is 30.5 Å². The van der Waals surface area contributed by atoms with E-state index >= 15 is 0 Å². The first kappa shape index (κ1) is 14.8. The fourth-order valence-electron chi connectivity index (χ4n) is 3.64. The van der Waals surface area contributed by atoms with Gasteiger partial charge < -0.3 is 10.1 Å². The summed E-state index contributed by atoms with van der Waals surface area (Å²) in [6.45, 7) is 7.43. The largest absolute Gasteiger partial charge is 0.375 e. The van der Waals surface area contributed by atoms with Crippen LogP contribution in [0.1, 0.15) is 20.3 Å². The number of rotatable bonds is 3. The Bertz CT molecular complexity index is 690. The Morgan fingerprint density at radius 2 is 2.04 bits per heavy atom. The average Bonchev–Trinajstić information content (AvgIpc) is 2.96. The molecule has 1 aromatic carbocycles. The van der Waals surface area contributed by atoms with Crippen molar-refractivity contribution >= 4 is 16.9 Å². The molecule has 5 nitrogen and oxygen atoms in total. The molecular formula is C18H24N4O. The first-order valence-electron chi connectivity index (χ1n) is 8.53. The van der Waals surface area contributed by atoms with Crippen molar-refractivity contribution in [2.24, 2.45) is 5.92 Å². The molecule has 0 aliphatic carbocycles. The Morgan fingerprint density at radius 1 is 1.22 bits per heavy atom. The number of benzene rings is 1. The summed E-state index contributed by atoms with van der Waals surface area (Å²) in [5.41, 5.74) is 1.88. The monoisotopic (exact) mass is 312 g/mol. The van der Waals surface area contributed by atoms with Crippen LogP contribution >= 0.6 is 0 Å². The second-order valence-electron chi connectivity index (χ2n) is 7.04. The van der Waals surface area contributed by atoms with E-state index in [-0.39, 0.29) is 0 Å². The zero-order valence-electron chi connectivity index (χ0n) is 13.8. The van der Waals surface area contributed by atoms with Crippen molar-refractivity contribution in [1.29, 1.82) is 0 Å². The number of morpholine rings is 1. The molecule has 2 fully saturated rings. The molecule has 4 rings (SSSR count). The Hall–Kier alpha value is -1.72. The molecular weight excluding hydrogens is 288 g/mol. The highest BCUT2D eigenvalue weighted by Gasteiger charge is 2.38. The maximum Gasteiger partial charge on any atom is 0.145 e. The Balaban J connectivity index is 1.43. The topological polar surface area (TPSA) is 50.3 Å². The molecule has 0 saturated carbocycles. The Labute approximate surface area is 137 Å². The molecule has 0 unspecified atom stereocenters. The molecule has 5 heteroatoms. The van der Waals surface area contributed by atoms with Gasteiger partial charge in [-0.15, -0.1) is 0 Å². The first-order chi connectivity index (χ1) is 11.2. The molecule has 23 heavy (non-hydrogen) atoms. The van der Waals surface area contributed by atoms with Crippen LogP contribution in [0.2, 0.25) is 0 Å². The minimum Gasteiger partial charge on any atom is -0.375 e. The fourth-order valence-corrected chi connectivity index (χ4v) is 3.64. The summed E-state index contributed by atoms with van der Waals surface area (Å²) in [6, 6.07) is 8.95. The van der Waals surface area contributed by atoms with Crippen LogP contribution in [0.25, 0.3) is 11.0 Å². The second kappa shape index (κ2) is 6.06. The molecule has 2 saturated heterocycles. The van der Waals surface area contributed by atoms with E-state index < -0.39 is 0 Å². The van der Waals surface area contributed by atoms with Gasteiger partial charge in [-0.3, -0.25) is 9.88 Å². The van der Waals surface area contributed by atoms with Gasteiger partial charge >= 0.3 is 0 Å². The number of ether oxygens (including phenoxy) is 1. The van der Waals surface area contributed by atoms with Crippen LogP contribution < -0.4 is 5.32 Å². The van der Waals surface area contributed by atoms with E-state index in [0.717, 1.165) is 43.0 Å². The molecule has 3 heterocycles. The number of anilines is 1. The molecule has 2 aromatic rings. The lowest BCUT2D eigenvalue weighted by Gasteiger charge is -2.36. The smallest absolute Gasteiger partial charge is 0.145 e. The highest BCUT2D eigenvalue weighted by molar-refractivity contribution is 5.75. The molecule has 1 aromatic heterocycles. The molecule has 2 aliphatic heterocycles. The average molecular weight is 312 g/mol. The van der Waals surface area contributed by atoms with Gasteiger partial charge in [0, 0.05) is 25.2 Å². The summed E-state index contributed by atoms with van der Waals surface area (Å²) in [6.07, 6.45) is 3.32. The van der Waals surface area contributed by atoms with Crippen molar-refractivity contribution in [2.75, 3.05) is 25.0 Å². The summed E-state index contributed by atoms with van der Waals surface area (Å²) < 4.78 is 6.01. The van der Waals surface area contributed by atoms with Crippen molar-refractivity contribution in [3.63, 3.8) is 0 Å². The highest BCUT2D eigenvalue weighted by atomic mass is 16.5. The normalized spacial score (nSPS) is 28.2. The van der Waals surface area contributed by atoms with E-state index in [9.17, 15) is 0 Å². The van der Waals surface area contributed by atoms with Gasteiger partial charge in [-0.2, -0.15) is 0 Å². The number of fused-ring (bicyclic) bond motifs is 2. The van der Waals surface area contributed by atoms with Crippen molar-refractivity contribution in [3.05, 3.63) is 30.5 Å². The molecule has 0 radical (unpaired) electrons. The summed E-state index contributed by atoms with van der Waals surface area (Å²) in [5, 5.41) is 3.56. The van der Waals surface area contributed by atoms with Crippen LogP contribution in [0.3, 0.4) is 0 Å². The third-order valence-electron chi connectivity index (χ3n) is 4.99. The van der Waals surface area contributed by atoms with Gasteiger partial charge in [0.05, 0.1) is 29.9 Å². The molecule has 0 bridgehead atoms. The summed E-state index contributed by atoms with van der Waals surface area (Å²) >= 11 is 0. The maximum atomic E-state index is 6.01. The van der Waals surface area contributed by atoms with Crippen LogP contribution in [0.5, 0.6) is 0 Å². The van der Waals surface area contributed by atoms with Crippen LogP contribution in [0, 0.1) is 5.92 Å². The van der Waals surface area contributed by atoms with Crippen LogP contribution in [-0.4, -0.2) is 52.8 Å². The summed E-state index contributed by atoms with van der Waals surface area (Å²) in [7, 11) is 0. The Morgan fingerprint density at radius 3 is 2.87 bits per heavy atom. The van der Waals surface area contributed by atoms with Crippen LogP contribution in [0.4, 0.5) is 5.82 Å². The number of nitrogens with one attached hydrogen (secondary N) is 1. The second-order valence-corrected chi connectivity index (χ2v) is 7.04. The van der Waals surface area contributed by atoms with Gasteiger partial charge in [-0.1, -0.05) is 26.0 Å². The molecule has 2 aliphatic rings. The van der Waals surface area contributed by atoms with Gasteiger partial charge in [0.15, 0.2) is 0 Å². The van der Waals surface area contributed by atoms with Gasteiger partial charge in [0.25, 0.3) is 0 Å². The molecule has 3 atom stereocenters. The van der Waals surface area contributed by atoms with Crippen molar-refractivity contribution in [2.45, 2.75) is 38.5 Å². The van der Waals surface area contributed by atoms with Crippen LogP contribution in [-0.2, 0) is 4.74 Å². The van der Waals surface area contributed by atoms with Crippen molar-refractivity contribution in [1.82, 2.24) is 14.9 Å². The quantitative estimate of drug-likeness (QED) is 0.944. The SMILES string of the molecule is CC(C)[C@@H]1CN2C[C@H](Nc3cnc4ccccc4n3)C[C@H]2CO1. The molecule has 0 amide bonds. The van der Waals surface area contributed by atoms with Crippen molar-refractivity contribution in [3.8, 4) is 0 Å². The zero-order valence-corrected chi connectivity index (χ0v) is 13.8. The number of hydrogen-bond acceptors (Lipinski definition) is 5.